The normalized spacial score (nSPS) is 11.6. The number of aryl methyl sites for hydroxylation is 1. The molecule has 0 amide bonds. The third-order valence-electron chi connectivity index (χ3n) is 2.65. The molecule has 0 unspecified atom stereocenters. The maximum atomic E-state index is 4.67. The van der Waals surface area contributed by atoms with Crippen molar-refractivity contribution in [3.63, 3.8) is 0 Å². The molecule has 2 aromatic heterocycles. The maximum absolute atomic E-state index is 4.67. The Bertz CT molecular complexity index is 542. The third-order valence-corrected chi connectivity index (χ3v) is 3.97. The van der Waals surface area contributed by atoms with E-state index in [-0.39, 0.29) is 5.41 Å². The van der Waals surface area contributed by atoms with E-state index in [9.17, 15) is 0 Å². The number of hydrogen-bond donors (Lipinski definition) is 1. The molecule has 0 fully saturated rings. The highest BCUT2D eigenvalue weighted by molar-refractivity contribution is 7.09. The van der Waals surface area contributed by atoms with E-state index in [1.165, 1.54) is 5.01 Å². The first-order valence-electron chi connectivity index (χ1n) is 6.43. The molecule has 0 saturated heterocycles. The zero-order chi connectivity index (χ0) is 13.9. The Balaban J connectivity index is 1.88. The summed E-state index contributed by atoms with van der Waals surface area (Å²) in [7, 11) is 0. The molecule has 0 spiro atoms. The van der Waals surface area contributed by atoms with E-state index in [1.54, 1.807) is 17.5 Å². The summed E-state index contributed by atoms with van der Waals surface area (Å²) in [5.41, 5.74) is 2.24. The van der Waals surface area contributed by atoms with Gasteiger partial charge in [0.1, 0.15) is 0 Å². The Morgan fingerprint density at radius 2 is 2.05 bits per heavy atom. The standard InChI is InChI=1S/C14H20N4S/c1-10-5-7-15-13(17-10)16-8-6-11-9-19-12(18-11)14(2,3)4/h5,7,9H,6,8H2,1-4H3,(H,15,16,17). The Morgan fingerprint density at radius 3 is 2.68 bits per heavy atom. The van der Waals surface area contributed by atoms with Crippen LogP contribution >= 0.6 is 11.3 Å². The maximum Gasteiger partial charge on any atom is 0.222 e. The van der Waals surface area contributed by atoms with E-state index >= 15 is 0 Å². The van der Waals surface area contributed by atoms with Gasteiger partial charge in [0.2, 0.25) is 5.95 Å². The van der Waals surface area contributed by atoms with E-state index in [4.69, 9.17) is 0 Å². The van der Waals surface area contributed by atoms with Crippen molar-refractivity contribution in [2.45, 2.75) is 39.5 Å². The smallest absolute Gasteiger partial charge is 0.222 e. The molecule has 2 heterocycles. The Morgan fingerprint density at radius 1 is 1.26 bits per heavy atom. The molecule has 0 aliphatic rings. The lowest BCUT2D eigenvalue weighted by Gasteiger charge is -2.13. The highest BCUT2D eigenvalue weighted by Crippen LogP contribution is 2.25. The molecule has 2 aromatic rings. The van der Waals surface area contributed by atoms with Crippen LogP contribution in [0.3, 0.4) is 0 Å². The van der Waals surface area contributed by atoms with Crippen molar-refractivity contribution in [3.05, 3.63) is 34.0 Å². The van der Waals surface area contributed by atoms with Crippen LogP contribution in [0.2, 0.25) is 0 Å². The van der Waals surface area contributed by atoms with E-state index in [0.717, 1.165) is 24.4 Å². The lowest BCUT2D eigenvalue weighted by Crippen LogP contribution is -2.11. The summed E-state index contributed by atoms with van der Waals surface area (Å²) < 4.78 is 0. The van der Waals surface area contributed by atoms with Crippen molar-refractivity contribution in [2.24, 2.45) is 0 Å². The third kappa shape index (κ3) is 3.99. The molecule has 0 bridgehead atoms. The number of hydrogen-bond acceptors (Lipinski definition) is 5. The molecule has 0 aromatic carbocycles. The summed E-state index contributed by atoms with van der Waals surface area (Å²) in [4.78, 5) is 13.2. The Hall–Kier alpha value is -1.49. The van der Waals surface area contributed by atoms with Crippen LogP contribution < -0.4 is 5.32 Å². The van der Waals surface area contributed by atoms with Gasteiger partial charge in [-0.15, -0.1) is 11.3 Å². The molecule has 0 aliphatic heterocycles. The highest BCUT2D eigenvalue weighted by Gasteiger charge is 2.17. The minimum Gasteiger partial charge on any atom is -0.354 e. The molecule has 0 radical (unpaired) electrons. The fourth-order valence-corrected chi connectivity index (χ4v) is 2.54. The zero-order valence-electron chi connectivity index (χ0n) is 11.9. The average Bonchev–Trinajstić information content (AvgIpc) is 2.77. The van der Waals surface area contributed by atoms with Gasteiger partial charge in [0.25, 0.3) is 0 Å². The number of aromatic nitrogens is 3. The van der Waals surface area contributed by atoms with Crippen molar-refractivity contribution in [1.82, 2.24) is 15.0 Å². The van der Waals surface area contributed by atoms with Crippen LogP contribution in [0, 0.1) is 6.92 Å². The van der Waals surface area contributed by atoms with Crippen LogP contribution in [0.25, 0.3) is 0 Å². The topological polar surface area (TPSA) is 50.7 Å². The first kappa shape index (κ1) is 13.9. The Kier molecular flexibility index (Phi) is 4.14. The van der Waals surface area contributed by atoms with E-state index in [0.29, 0.717) is 5.95 Å². The predicted molar refractivity (Wildman–Crippen MR) is 79.8 cm³/mol. The first-order chi connectivity index (χ1) is 8.95. The van der Waals surface area contributed by atoms with Crippen LogP contribution in [-0.4, -0.2) is 21.5 Å². The van der Waals surface area contributed by atoms with Gasteiger partial charge < -0.3 is 5.32 Å². The van der Waals surface area contributed by atoms with Gasteiger partial charge in [-0.3, -0.25) is 0 Å². The highest BCUT2D eigenvalue weighted by atomic mass is 32.1. The number of thiazole rings is 1. The number of nitrogens with one attached hydrogen (secondary N) is 1. The molecular formula is C14H20N4S. The van der Waals surface area contributed by atoms with Gasteiger partial charge in [-0.25, -0.2) is 15.0 Å². The molecule has 0 aliphatic carbocycles. The van der Waals surface area contributed by atoms with Gasteiger partial charge >= 0.3 is 0 Å². The minimum atomic E-state index is 0.135. The van der Waals surface area contributed by atoms with Crippen molar-refractivity contribution in [3.8, 4) is 0 Å². The second-order valence-electron chi connectivity index (χ2n) is 5.59. The predicted octanol–water partition coefficient (Wildman–Crippen LogP) is 3.19. The molecule has 0 saturated carbocycles. The van der Waals surface area contributed by atoms with E-state index in [2.05, 4.69) is 46.4 Å². The van der Waals surface area contributed by atoms with Crippen molar-refractivity contribution in [2.75, 3.05) is 11.9 Å². The zero-order valence-corrected chi connectivity index (χ0v) is 12.7. The van der Waals surface area contributed by atoms with Crippen LogP contribution in [0.1, 0.15) is 37.2 Å². The fraction of sp³-hybridized carbons (Fsp3) is 0.500. The quantitative estimate of drug-likeness (QED) is 0.931. The fourth-order valence-electron chi connectivity index (χ4n) is 1.60. The van der Waals surface area contributed by atoms with E-state index < -0.39 is 0 Å². The second kappa shape index (κ2) is 5.65. The van der Waals surface area contributed by atoms with Crippen LogP contribution in [0.5, 0.6) is 0 Å². The number of rotatable bonds is 4. The van der Waals surface area contributed by atoms with Gasteiger partial charge in [0, 0.05) is 35.7 Å². The van der Waals surface area contributed by atoms with Crippen LogP contribution in [0.15, 0.2) is 17.6 Å². The summed E-state index contributed by atoms with van der Waals surface area (Å²) in [6, 6.07) is 1.89. The molecular weight excluding hydrogens is 256 g/mol. The van der Waals surface area contributed by atoms with Crippen molar-refractivity contribution >= 4 is 17.3 Å². The summed E-state index contributed by atoms with van der Waals surface area (Å²) in [5, 5.41) is 6.55. The second-order valence-corrected chi connectivity index (χ2v) is 6.45. The van der Waals surface area contributed by atoms with Gasteiger partial charge in [-0.05, 0) is 13.0 Å². The summed E-state index contributed by atoms with van der Waals surface area (Å²) in [6.45, 7) is 9.33. The van der Waals surface area contributed by atoms with E-state index in [1.807, 2.05) is 13.0 Å². The molecule has 102 valence electrons. The summed E-state index contributed by atoms with van der Waals surface area (Å²) in [5.74, 6) is 0.686. The van der Waals surface area contributed by atoms with Gasteiger partial charge in [0.15, 0.2) is 0 Å². The lowest BCUT2D eigenvalue weighted by molar-refractivity contribution is 0.583. The van der Waals surface area contributed by atoms with Crippen LogP contribution in [0.4, 0.5) is 5.95 Å². The number of nitrogens with zero attached hydrogens (tertiary/aromatic N) is 3. The van der Waals surface area contributed by atoms with Crippen LogP contribution in [-0.2, 0) is 11.8 Å². The summed E-state index contributed by atoms with van der Waals surface area (Å²) in [6.07, 6.45) is 2.66. The molecule has 19 heavy (non-hydrogen) atoms. The summed E-state index contributed by atoms with van der Waals surface area (Å²) >= 11 is 1.74. The number of anilines is 1. The van der Waals surface area contributed by atoms with Gasteiger partial charge in [-0.2, -0.15) is 0 Å². The van der Waals surface area contributed by atoms with Crippen molar-refractivity contribution in [1.29, 1.82) is 0 Å². The molecule has 5 heteroatoms. The minimum absolute atomic E-state index is 0.135. The Labute approximate surface area is 118 Å². The molecule has 1 N–H and O–H groups in total. The van der Waals surface area contributed by atoms with Crippen molar-refractivity contribution < 1.29 is 0 Å². The first-order valence-corrected chi connectivity index (χ1v) is 7.31. The van der Waals surface area contributed by atoms with Gasteiger partial charge in [0.05, 0.1) is 10.7 Å². The molecule has 0 atom stereocenters. The molecule has 2 rings (SSSR count). The largest absolute Gasteiger partial charge is 0.354 e. The lowest BCUT2D eigenvalue weighted by atomic mass is 9.98. The molecule has 4 nitrogen and oxygen atoms in total. The average molecular weight is 276 g/mol. The van der Waals surface area contributed by atoms with Gasteiger partial charge in [-0.1, -0.05) is 20.8 Å². The monoisotopic (exact) mass is 276 g/mol. The SMILES string of the molecule is Cc1ccnc(NCCc2csc(C(C)(C)C)n2)n1.